The van der Waals surface area contributed by atoms with Gasteiger partial charge in [0.15, 0.2) is 0 Å². The number of ether oxygens (including phenoxy) is 2. The Morgan fingerprint density at radius 1 is 1.07 bits per heavy atom. The normalized spacial score (nSPS) is 16.3. The van der Waals surface area contributed by atoms with Gasteiger partial charge in [0.25, 0.3) is 0 Å². The highest BCUT2D eigenvalue weighted by Crippen LogP contribution is 2.28. The van der Waals surface area contributed by atoms with Crippen molar-refractivity contribution < 1.29 is 28.3 Å². The van der Waals surface area contributed by atoms with E-state index < -0.39 is 24.0 Å². The Labute approximate surface area is 155 Å². The number of rotatable bonds is 6. The molecule has 2 amide bonds. The first kappa shape index (κ1) is 18.2. The largest absolute Gasteiger partial charge is 0.467 e. The summed E-state index contributed by atoms with van der Waals surface area (Å²) in [7, 11) is 0. The van der Waals surface area contributed by atoms with Crippen LogP contribution in [0.3, 0.4) is 0 Å². The molecule has 1 aromatic carbocycles. The van der Waals surface area contributed by atoms with Gasteiger partial charge in [-0.3, -0.25) is 0 Å². The van der Waals surface area contributed by atoms with Crippen LogP contribution in [0, 0.1) is 0 Å². The molecule has 2 aromatic rings. The van der Waals surface area contributed by atoms with Gasteiger partial charge in [0.1, 0.15) is 18.4 Å². The molecule has 0 saturated carbocycles. The first-order valence-corrected chi connectivity index (χ1v) is 8.33. The van der Waals surface area contributed by atoms with Crippen LogP contribution in [0.1, 0.15) is 29.1 Å². The molecule has 2 N–H and O–H groups in total. The number of urea groups is 1. The van der Waals surface area contributed by atoms with Gasteiger partial charge in [-0.05, 0) is 31.2 Å². The Kier molecular flexibility index (Phi) is 5.55. The van der Waals surface area contributed by atoms with Crippen LogP contribution in [0.4, 0.5) is 4.79 Å². The summed E-state index contributed by atoms with van der Waals surface area (Å²) in [5.41, 5.74) is 0.619. The summed E-state index contributed by atoms with van der Waals surface area (Å²) in [6.07, 6.45) is 1.43. The maximum atomic E-state index is 12.5. The lowest BCUT2D eigenvalue weighted by molar-refractivity contribution is -0.139. The fourth-order valence-corrected chi connectivity index (χ4v) is 2.65. The third-order valence-electron chi connectivity index (χ3n) is 3.83. The molecule has 3 rings (SSSR count). The van der Waals surface area contributed by atoms with Crippen LogP contribution in [0.25, 0.3) is 0 Å². The highest BCUT2D eigenvalue weighted by atomic mass is 16.5. The van der Waals surface area contributed by atoms with Crippen molar-refractivity contribution in [3.05, 3.63) is 71.3 Å². The monoisotopic (exact) mass is 370 g/mol. The van der Waals surface area contributed by atoms with Crippen LogP contribution >= 0.6 is 0 Å². The Morgan fingerprint density at radius 2 is 1.85 bits per heavy atom. The molecular formula is C19H18N2O6. The molecule has 27 heavy (non-hydrogen) atoms. The van der Waals surface area contributed by atoms with E-state index in [1.165, 1.54) is 6.26 Å². The first-order valence-electron chi connectivity index (χ1n) is 8.33. The predicted octanol–water partition coefficient (Wildman–Crippen LogP) is 2.31. The van der Waals surface area contributed by atoms with Crippen LogP contribution in [0.2, 0.25) is 0 Å². The van der Waals surface area contributed by atoms with Gasteiger partial charge < -0.3 is 24.5 Å². The van der Waals surface area contributed by atoms with Gasteiger partial charge in [-0.25, -0.2) is 14.4 Å². The van der Waals surface area contributed by atoms with E-state index in [2.05, 4.69) is 10.6 Å². The number of nitrogens with one attached hydrogen (secondary N) is 2. The molecule has 8 nitrogen and oxygen atoms in total. The molecule has 0 fully saturated rings. The zero-order valence-electron chi connectivity index (χ0n) is 14.6. The Morgan fingerprint density at radius 3 is 2.52 bits per heavy atom. The van der Waals surface area contributed by atoms with Crippen molar-refractivity contribution in [1.82, 2.24) is 10.6 Å². The summed E-state index contributed by atoms with van der Waals surface area (Å²) in [5.74, 6) is -0.856. The fraction of sp³-hybridized carbons (Fsp3) is 0.211. The molecule has 1 unspecified atom stereocenters. The molecule has 0 saturated heterocycles. The second kappa shape index (κ2) is 8.22. The highest BCUT2D eigenvalue weighted by Gasteiger charge is 2.35. The van der Waals surface area contributed by atoms with Gasteiger partial charge in [0.05, 0.1) is 29.7 Å². The Bertz CT molecular complexity index is 858. The number of benzene rings is 1. The number of amides is 2. The summed E-state index contributed by atoms with van der Waals surface area (Å²) in [4.78, 5) is 36.7. The average molecular weight is 370 g/mol. The van der Waals surface area contributed by atoms with Crippen molar-refractivity contribution in [2.45, 2.75) is 13.0 Å². The molecule has 1 atom stereocenters. The summed E-state index contributed by atoms with van der Waals surface area (Å²) >= 11 is 0. The zero-order valence-corrected chi connectivity index (χ0v) is 14.6. The SMILES string of the molecule is CCOC(=O)C1=C(COC(=O)c2ccccc2)NC(=O)NC1c1ccco1. The molecule has 140 valence electrons. The van der Waals surface area contributed by atoms with Gasteiger partial charge in [0.2, 0.25) is 0 Å². The second-order valence-corrected chi connectivity index (χ2v) is 5.60. The number of hydrogen-bond acceptors (Lipinski definition) is 6. The first-order chi connectivity index (χ1) is 13.1. The predicted molar refractivity (Wildman–Crippen MR) is 93.5 cm³/mol. The van der Waals surface area contributed by atoms with E-state index in [9.17, 15) is 14.4 Å². The van der Waals surface area contributed by atoms with Crippen molar-refractivity contribution in [2.24, 2.45) is 0 Å². The van der Waals surface area contributed by atoms with E-state index in [0.717, 1.165) is 0 Å². The van der Waals surface area contributed by atoms with Crippen molar-refractivity contribution >= 4 is 18.0 Å². The van der Waals surface area contributed by atoms with Gasteiger partial charge >= 0.3 is 18.0 Å². The average Bonchev–Trinajstić information content (AvgIpc) is 3.21. The number of hydrogen-bond donors (Lipinski definition) is 2. The zero-order chi connectivity index (χ0) is 19.2. The number of esters is 2. The standard InChI is InChI=1S/C19H18N2O6/c1-2-25-18(23)15-13(11-27-17(22)12-7-4-3-5-8-12)20-19(24)21-16(15)14-9-6-10-26-14/h3-10,16H,2,11H2,1H3,(H2,20,21,24). The van der Waals surface area contributed by atoms with Crippen LogP contribution in [0.15, 0.2) is 64.4 Å². The van der Waals surface area contributed by atoms with E-state index in [-0.39, 0.29) is 24.5 Å². The number of furan rings is 1. The molecule has 0 bridgehead atoms. The number of carbonyl (C=O) groups excluding carboxylic acids is 3. The van der Waals surface area contributed by atoms with Crippen molar-refractivity contribution in [3.63, 3.8) is 0 Å². The minimum atomic E-state index is -0.849. The maximum absolute atomic E-state index is 12.5. The van der Waals surface area contributed by atoms with Gasteiger partial charge in [-0.1, -0.05) is 18.2 Å². The molecule has 1 aliphatic heterocycles. The lowest BCUT2D eigenvalue weighted by Gasteiger charge is -2.27. The topological polar surface area (TPSA) is 107 Å². The van der Waals surface area contributed by atoms with Gasteiger partial charge in [0, 0.05) is 0 Å². The van der Waals surface area contributed by atoms with Crippen LogP contribution < -0.4 is 10.6 Å². The summed E-state index contributed by atoms with van der Waals surface area (Å²) < 4.78 is 15.7. The highest BCUT2D eigenvalue weighted by molar-refractivity contribution is 5.95. The van der Waals surface area contributed by atoms with E-state index >= 15 is 0 Å². The Balaban J connectivity index is 1.88. The quantitative estimate of drug-likeness (QED) is 0.756. The minimum Gasteiger partial charge on any atom is -0.467 e. The molecule has 0 aliphatic carbocycles. The lowest BCUT2D eigenvalue weighted by atomic mass is 10.0. The van der Waals surface area contributed by atoms with Gasteiger partial charge in [-0.2, -0.15) is 0 Å². The van der Waals surface area contributed by atoms with E-state index in [4.69, 9.17) is 13.9 Å². The number of carbonyl (C=O) groups is 3. The molecule has 8 heteroatoms. The molecule has 2 heterocycles. The summed E-state index contributed by atoms with van der Waals surface area (Å²) in [6.45, 7) is 1.52. The smallest absolute Gasteiger partial charge is 0.338 e. The fourth-order valence-electron chi connectivity index (χ4n) is 2.65. The van der Waals surface area contributed by atoms with Crippen LogP contribution in [0.5, 0.6) is 0 Å². The second-order valence-electron chi connectivity index (χ2n) is 5.60. The van der Waals surface area contributed by atoms with Gasteiger partial charge in [-0.15, -0.1) is 0 Å². The molecular weight excluding hydrogens is 352 g/mol. The summed E-state index contributed by atoms with van der Waals surface area (Å²) in [6, 6.07) is 10.3. The molecule has 1 aliphatic rings. The van der Waals surface area contributed by atoms with Crippen molar-refractivity contribution in [1.29, 1.82) is 0 Å². The van der Waals surface area contributed by atoms with E-state index in [0.29, 0.717) is 11.3 Å². The third kappa shape index (κ3) is 4.17. The molecule has 0 spiro atoms. The maximum Gasteiger partial charge on any atom is 0.338 e. The Hall–Kier alpha value is -3.55. The van der Waals surface area contributed by atoms with E-state index in [1.807, 2.05) is 0 Å². The van der Waals surface area contributed by atoms with Crippen molar-refractivity contribution in [2.75, 3.05) is 13.2 Å². The van der Waals surface area contributed by atoms with Crippen LogP contribution in [-0.4, -0.2) is 31.2 Å². The third-order valence-corrected chi connectivity index (χ3v) is 3.83. The molecule has 1 aromatic heterocycles. The summed E-state index contributed by atoms with van der Waals surface area (Å²) in [5, 5.41) is 5.13. The van der Waals surface area contributed by atoms with E-state index in [1.54, 1.807) is 49.4 Å². The lowest BCUT2D eigenvalue weighted by Crippen LogP contribution is -2.47. The van der Waals surface area contributed by atoms with Crippen molar-refractivity contribution in [3.8, 4) is 0 Å². The van der Waals surface area contributed by atoms with Crippen LogP contribution in [-0.2, 0) is 14.3 Å². The minimum absolute atomic E-state index is 0.118. The molecule has 0 radical (unpaired) electrons.